The minimum absolute atomic E-state index is 0.0853. The van der Waals surface area contributed by atoms with Crippen molar-refractivity contribution in [3.05, 3.63) is 50.4 Å². The molecule has 3 rings (SSSR count). The molecule has 38 heavy (non-hydrogen) atoms. The predicted octanol–water partition coefficient (Wildman–Crippen LogP) is 7.57. The van der Waals surface area contributed by atoms with Gasteiger partial charge in [0.1, 0.15) is 16.1 Å². The van der Waals surface area contributed by atoms with E-state index in [1.54, 1.807) is 11.1 Å². The van der Waals surface area contributed by atoms with E-state index in [0.717, 1.165) is 15.0 Å². The molecule has 0 spiro atoms. The van der Waals surface area contributed by atoms with Gasteiger partial charge in [-0.15, -0.1) is 11.3 Å². The van der Waals surface area contributed by atoms with E-state index in [1.165, 1.54) is 11.3 Å². The Hall–Kier alpha value is -1.77. The molecule has 3 atom stereocenters. The van der Waals surface area contributed by atoms with Crippen molar-refractivity contribution in [1.29, 1.82) is 0 Å². The summed E-state index contributed by atoms with van der Waals surface area (Å²) < 4.78 is 12.8. The number of halogens is 1. The molecule has 0 radical (unpaired) electrons. The number of ether oxygens (including phenoxy) is 2. The number of benzene rings is 1. The molecule has 210 valence electrons. The Bertz CT molecular complexity index is 1120. The van der Waals surface area contributed by atoms with Crippen LogP contribution in [-0.2, 0) is 19.7 Å². The smallest absolute Gasteiger partial charge is 0.332 e. The molecule has 1 aromatic carbocycles. The van der Waals surface area contributed by atoms with E-state index in [1.807, 2.05) is 51.3 Å². The van der Waals surface area contributed by atoms with Crippen LogP contribution < -0.4 is 0 Å². The van der Waals surface area contributed by atoms with Gasteiger partial charge >= 0.3 is 5.97 Å². The Labute approximate surface area is 240 Å². The van der Waals surface area contributed by atoms with Gasteiger partial charge in [0.05, 0.1) is 12.6 Å². The van der Waals surface area contributed by atoms with Crippen molar-refractivity contribution in [3.8, 4) is 0 Å². The van der Waals surface area contributed by atoms with Gasteiger partial charge in [-0.3, -0.25) is 4.79 Å². The van der Waals surface area contributed by atoms with Gasteiger partial charge in [0.2, 0.25) is 0 Å². The average molecular weight is 608 g/mol. The quantitative estimate of drug-likeness (QED) is 0.290. The van der Waals surface area contributed by atoms with E-state index in [4.69, 9.17) is 9.47 Å². The number of nitrogens with zero attached hydrogens (tertiary/aromatic N) is 2. The zero-order chi connectivity index (χ0) is 28.5. The number of carbonyl (C=O) groups excluding carboxylic acids is 2. The van der Waals surface area contributed by atoms with Crippen LogP contribution in [0.4, 0.5) is 0 Å². The Morgan fingerprint density at radius 1 is 1.21 bits per heavy atom. The molecule has 1 amide bonds. The van der Waals surface area contributed by atoms with Gasteiger partial charge in [-0.05, 0) is 69.6 Å². The van der Waals surface area contributed by atoms with E-state index in [-0.39, 0.29) is 29.1 Å². The summed E-state index contributed by atoms with van der Waals surface area (Å²) in [6.07, 6.45) is 2.70. The molecule has 8 heteroatoms. The van der Waals surface area contributed by atoms with E-state index >= 15 is 0 Å². The Morgan fingerprint density at radius 3 is 2.39 bits per heavy atom. The first-order chi connectivity index (χ1) is 17.6. The normalized spacial score (nSPS) is 22.2. The summed E-state index contributed by atoms with van der Waals surface area (Å²) in [5.41, 5.74) is -0.284. The van der Waals surface area contributed by atoms with Crippen molar-refractivity contribution in [1.82, 2.24) is 9.88 Å². The molecule has 0 saturated carbocycles. The highest BCUT2D eigenvalue weighted by atomic mass is 79.9. The Kier molecular flexibility index (Phi) is 9.53. The van der Waals surface area contributed by atoms with Crippen LogP contribution in [0.15, 0.2) is 34.2 Å². The molecule has 2 heterocycles. The number of hydrogen-bond donors (Lipinski definition) is 0. The van der Waals surface area contributed by atoms with Gasteiger partial charge in [0, 0.05) is 34.1 Å². The molecule has 1 aliphatic heterocycles. The van der Waals surface area contributed by atoms with Crippen molar-refractivity contribution in [2.24, 2.45) is 11.8 Å². The highest BCUT2D eigenvalue weighted by Gasteiger charge is 2.60. The van der Waals surface area contributed by atoms with Gasteiger partial charge in [-0.2, -0.15) is 0 Å². The van der Waals surface area contributed by atoms with E-state index in [9.17, 15) is 9.59 Å². The number of likely N-dealkylation sites (tertiary alicyclic amines) is 1. The lowest BCUT2D eigenvalue weighted by molar-refractivity contribution is -0.168. The van der Waals surface area contributed by atoms with Crippen molar-refractivity contribution in [2.45, 2.75) is 97.8 Å². The summed E-state index contributed by atoms with van der Waals surface area (Å²) in [4.78, 5) is 35.2. The van der Waals surface area contributed by atoms with Crippen molar-refractivity contribution < 1.29 is 19.1 Å². The maximum Gasteiger partial charge on any atom is 0.332 e. The topological polar surface area (TPSA) is 68.7 Å². The second-order valence-electron chi connectivity index (χ2n) is 12.7. The van der Waals surface area contributed by atoms with Crippen LogP contribution in [0.1, 0.15) is 102 Å². The Morgan fingerprint density at radius 2 is 1.89 bits per heavy atom. The van der Waals surface area contributed by atoms with Crippen LogP contribution >= 0.6 is 27.3 Å². The first-order valence-electron chi connectivity index (χ1n) is 13.4. The SMILES string of the molecule is CCOC[C@H]1C[C@@](CC(C)C)(C(=O)OC(C)(C)C)N(C(=O)c2ccc(C(C)(C)C)c(Br)c2)[C@H]1c1nccs1. The molecule has 1 aromatic heterocycles. The van der Waals surface area contributed by atoms with Crippen LogP contribution in [0, 0.1) is 11.8 Å². The monoisotopic (exact) mass is 606 g/mol. The summed E-state index contributed by atoms with van der Waals surface area (Å²) in [6.45, 7) is 19.1. The third kappa shape index (κ3) is 6.68. The zero-order valence-corrected chi connectivity index (χ0v) is 26.7. The van der Waals surface area contributed by atoms with Gasteiger partial charge in [-0.1, -0.05) is 56.6 Å². The molecule has 1 fully saturated rings. The highest BCUT2D eigenvalue weighted by Crippen LogP contribution is 2.52. The standard InChI is InChI=1S/C30H43BrN2O4S/c1-10-36-18-21-17-30(16-19(2)3,27(35)37-29(7,8)9)33(24(21)25-32-13-14-38-25)26(34)20-11-12-22(23(31)15-20)28(4,5)6/h11-15,19,21,24H,10,16-18H2,1-9H3/t21-,24-,30+/m1/s1. The summed E-state index contributed by atoms with van der Waals surface area (Å²) in [5.74, 6) is -0.515. The van der Waals surface area contributed by atoms with Crippen molar-refractivity contribution >= 4 is 39.1 Å². The molecular formula is C30H43BrN2O4S. The highest BCUT2D eigenvalue weighted by molar-refractivity contribution is 9.10. The number of rotatable bonds is 8. The lowest BCUT2D eigenvalue weighted by Gasteiger charge is -2.41. The molecule has 2 aromatic rings. The number of aromatic nitrogens is 1. The molecule has 1 saturated heterocycles. The third-order valence-corrected chi connectivity index (χ3v) is 8.30. The fourth-order valence-electron chi connectivity index (χ4n) is 5.44. The Balaban J connectivity index is 2.23. The summed E-state index contributed by atoms with van der Waals surface area (Å²) in [7, 11) is 0. The van der Waals surface area contributed by atoms with Gasteiger partial charge in [-0.25, -0.2) is 9.78 Å². The molecule has 0 unspecified atom stereocenters. The number of carbonyl (C=O) groups is 2. The fourth-order valence-corrected chi connectivity index (χ4v) is 7.24. The van der Waals surface area contributed by atoms with Crippen LogP contribution in [0.5, 0.6) is 0 Å². The average Bonchev–Trinajstić information content (AvgIpc) is 3.41. The minimum Gasteiger partial charge on any atom is -0.458 e. The number of thiazole rings is 1. The number of hydrogen-bond acceptors (Lipinski definition) is 6. The zero-order valence-electron chi connectivity index (χ0n) is 24.3. The van der Waals surface area contributed by atoms with Crippen LogP contribution in [0.3, 0.4) is 0 Å². The van der Waals surface area contributed by atoms with E-state index in [0.29, 0.717) is 31.6 Å². The van der Waals surface area contributed by atoms with Crippen molar-refractivity contribution in [2.75, 3.05) is 13.2 Å². The molecule has 6 nitrogen and oxygen atoms in total. The minimum atomic E-state index is -1.15. The lowest BCUT2D eigenvalue weighted by Crippen LogP contribution is -2.56. The second-order valence-corrected chi connectivity index (χ2v) is 14.5. The molecule has 0 bridgehead atoms. The molecular weight excluding hydrogens is 564 g/mol. The summed E-state index contributed by atoms with van der Waals surface area (Å²) in [6, 6.07) is 5.35. The van der Waals surface area contributed by atoms with Crippen LogP contribution in [0.2, 0.25) is 0 Å². The second kappa shape index (κ2) is 11.8. The molecule has 1 aliphatic rings. The maximum atomic E-state index is 14.6. The maximum absolute atomic E-state index is 14.6. The first kappa shape index (κ1) is 30.8. The fraction of sp³-hybridized carbons (Fsp3) is 0.633. The van der Waals surface area contributed by atoms with Gasteiger partial charge in [0.25, 0.3) is 5.91 Å². The van der Waals surface area contributed by atoms with Crippen LogP contribution in [-0.4, -0.2) is 46.1 Å². The van der Waals surface area contributed by atoms with E-state index < -0.39 is 17.2 Å². The van der Waals surface area contributed by atoms with Crippen molar-refractivity contribution in [3.63, 3.8) is 0 Å². The number of esters is 1. The largest absolute Gasteiger partial charge is 0.458 e. The van der Waals surface area contributed by atoms with E-state index in [2.05, 4.69) is 55.5 Å². The number of amides is 1. The lowest BCUT2D eigenvalue weighted by atomic mass is 9.83. The van der Waals surface area contributed by atoms with Gasteiger partial charge in [0.15, 0.2) is 0 Å². The van der Waals surface area contributed by atoms with Gasteiger partial charge < -0.3 is 14.4 Å². The molecule has 0 aliphatic carbocycles. The van der Waals surface area contributed by atoms with Crippen LogP contribution in [0.25, 0.3) is 0 Å². The first-order valence-corrected chi connectivity index (χ1v) is 15.1. The third-order valence-electron chi connectivity index (χ3n) is 6.79. The predicted molar refractivity (Wildman–Crippen MR) is 156 cm³/mol. The summed E-state index contributed by atoms with van der Waals surface area (Å²) in [5, 5.41) is 2.73. The summed E-state index contributed by atoms with van der Waals surface area (Å²) >= 11 is 5.21. The molecule has 0 N–H and O–H groups in total.